The molecule has 1 saturated carbocycles. The molecule has 0 spiro atoms. The number of piperazine rings is 1. The van der Waals surface area contributed by atoms with Crippen molar-refractivity contribution in [1.82, 2.24) is 19.4 Å². The third-order valence-electron chi connectivity index (χ3n) is 7.54. The Morgan fingerprint density at radius 1 is 1.05 bits per heavy atom. The van der Waals surface area contributed by atoms with E-state index in [1.807, 2.05) is 0 Å². The number of rotatable bonds is 7. The molecule has 40 heavy (non-hydrogen) atoms. The maximum atomic E-state index is 14.1. The first kappa shape index (κ1) is 28.8. The summed E-state index contributed by atoms with van der Waals surface area (Å²) in [7, 11) is -4.34. The highest BCUT2D eigenvalue weighted by Crippen LogP contribution is 2.36. The van der Waals surface area contributed by atoms with E-state index in [9.17, 15) is 27.2 Å². The molecule has 3 amide bonds. The van der Waals surface area contributed by atoms with Gasteiger partial charge >= 0.3 is 0 Å². The standard InChI is InChI=1S/C27H29Cl2FN4O5S/c1-15(2)32-14-24-33(40(38,39)23-10-7-18(28)12-20(23)29)13-21(31-25(35)17-5-6-17)26(36)34(24)22(27(32)37)11-16-3-8-19(30)9-4-16/h3-4,7-10,12,15,17,21-22,24H,5-6,11,13-14H2,1-2H3,(H,31,35). The van der Waals surface area contributed by atoms with Crippen molar-refractivity contribution in [3.8, 4) is 0 Å². The molecule has 9 nitrogen and oxygen atoms in total. The summed E-state index contributed by atoms with van der Waals surface area (Å²) in [6.07, 6.45) is 0.347. The summed E-state index contributed by atoms with van der Waals surface area (Å²) in [6, 6.07) is 6.99. The summed E-state index contributed by atoms with van der Waals surface area (Å²) < 4.78 is 43.0. The Labute approximate surface area is 242 Å². The van der Waals surface area contributed by atoms with Crippen molar-refractivity contribution < 1.29 is 27.2 Å². The highest BCUT2D eigenvalue weighted by molar-refractivity contribution is 7.89. The zero-order valence-corrected chi connectivity index (χ0v) is 24.2. The van der Waals surface area contributed by atoms with Crippen LogP contribution in [0.4, 0.5) is 4.39 Å². The average Bonchev–Trinajstić information content (AvgIpc) is 3.73. The molecular formula is C27H29Cl2FN4O5S. The molecule has 3 atom stereocenters. The number of halogens is 3. The van der Waals surface area contributed by atoms with Crippen molar-refractivity contribution in [2.75, 3.05) is 13.1 Å². The number of hydrogen-bond acceptors (Lipinski definition) is 5. The quantitative estimate of drug-likeness (QED) is 0.518. The number of nitrogens with zero attached hydrogens (tertiary/aromatic N) is 3. The summed E-state index contributed by atoms with van der Waals surface area (Å²) in [5.41, 5.74) is 0.594. The van der Waals surface area contributed by atoms with Crippen molar-refractivity contribution in [3.63, 3.8) is 0 Å². The number of carbonyl (C=O) groups is 3. The van der Waals surface area contributed by atoms with Crippen molar-refractivity contribution in [2.24, 2.45) is 5.92 Å². The third kappa shape index (κ3) is 5.44. The molecular weight excluding hydrogens is 582 g/mol. The molecule has 13 heteroatoms. The predicted octanol–water partition coefficient (Wildman–Crippen LogP) is 3.05. The van der Waals surface area contributed by atoms with Gasteiger partial charge in [0.05, 0.1) is 11.6 Å². The molecule has 3 unspecified atom stereocenters. The van der Waals surface area contributed by atoms with Crippen LogP contribution in [-0.2, 0) is 30.8 Å². The highest BCUT2D eigenvalue weighted by atomic mass is 35.5. The number of sulfonamides is 1. The molecule has 3 fully saturated rings. The molecule has 0 aromatic heterocycles. The van der Waals surface area contributed by atoms with Gasteiger partial charge in [-0.2, -0.15) is 4.31 Å². The Balaban J connectivity index is 1.60. The zero-order valence-electron chi connectivity index (χ0n) is 21.9. The van der Waals surface area contributed by atoms with E-state index in [0.29, 0.717) is 18.4 Å². The fourth-order valence-corrected chi connectivity index (χ4v) is 7.60. The SMILES string of the molecule is CC(C)N1CC2N(C(=O)C(NC(=O)C3CC3)CN2S(=O)(=O)c2ccc(Cl)cc2Cl)C(Cc2ccc(F)cc2)C1=O. The van der Waals surface area contributed by atoms with Gasteiger partial charge in [-0.1, -0.05) is 35.3 Å². The summed E-state index contributed by atoms with van der Waals surface area (Å²) in [5, 5.41) is 2.88. The first-order valence-electron chi connectivity index (χ1n) is 13.0. The lowest BCUT2D eigenvalue weighted by molar-refractivity contribution is -0.169. The van der Waals surface area contributed by atoms with Gasteiger partial charge in [-0.25, -0.2) is 12.8 Å². The normalized spacial score (nSPS) is 23.9. The minimum Gasteiger partial charge on any atom is -0.343 e. The van der Waals surface area contributed by atoms with E-state index in [1.165, 1.54) is 52.3 Å². The molecule has 214 valence electrons. The van der Waals surface area contributed by atoms with Crippen LogP contribution in [0.1, 0.15) is 32.3 Å². The van der Waals surface area contributed by atoms with Gasteiger partial charge < -0.3 is 15.1 Å². The second-order valence-corrected chi connectivity index (χ2v) is 13.3. The monoisotopic (exact) mass is 610 g/mol. The molecule has 2 heterocycles. The van der Waals surface area contributed by atoms with Crippen LogP contribution in [0, 0.1) is 11.7 Å². The summed E-state index contributed by atoms with van der Waals surface area (Å²) in [4.78, 5) is 43.0. The van der Waals surface area contributed by atoms with Crippen molar-refractivity contribution in [1.29, 1.82) is 0 Å². The fourth-order valence-electron chi connectivity index (χ4n) is 5.27. The van der Waals surface area contributed by atoms with E-state index in [1.54, 1.807) is 13.8 Å². The lowest BCUT2D eigenvalue weighted by Gasteiger charge is -2.54. The second-order valence-electron chi connectivity index (χ2n) is 10.6. The Bertz CT molecular complexity index is 1450. The maximum Gasteiger partial charge on any atom is 0.248 e. The van der Waals surface area contributed by atoms with Crippen LogP contribution >= 0.6 is 23.2 Å². The van der Waals surface area contributed by atoms with Crippen LogP contribution in [-0.4, -0.2) is 77.6 Å². The largest absolute Gasteiger partial charge is 0.343 e. The number of benzene rings is 2. The van der Waals surface area contributed by atoms with E-state index in [0.717, 1.165) is 4.31 Å². The highest BCUT2D eigenvalue weighted by Gasteiger charge is 2.54. The van der Waals surface area contributed by atoms with Gasteiger partial charge in [0.2, 0.25) is 27.7 Å². The molecule has 2 aromatic carbocycles. The van der Waals surface area contributed by atoms with E-state index < -0.39 is 40.0 Å². The molecule has 5 rings (SSSR count). The minimum atomic E-state index is -4.34. The molecule has 1 N–H and O–H groups in total. The van der Waals surface area contributed by atoms with Crippen LogP contribution in [0.3, 0.4) is 0 Å². The zero-order chi connectivity index (χ0) is 28.9. The third-order valence-corrected chi connectivity index (χ3v) is 10.1. The van der Waals surface area contributed by atoms with Crippen molar-refractivity contribution >= 4 is 50.9 Å². The van der Waals surface area contributed by atoms with Crippen LogP contribution in [0.2, 0.25) is 10.0 Å². The van der Waals surface area contributed by atoms with Gasteiger partial charge in [-0.15, -0.1) is 0 Å². The molecule has 3 aliphatic rings. The first-order valence-corrected chi connectivity index (χ1v) is 15.2. The van der Waals surface area contributed by atoms with Crippen molar-refractivity contribution in [3.05, 3.63) is 63.9 Å². The van der Waals surface area contributed by atoms with Gasteiger partial charge in [0.1, 0.15) is 29.0 Å². The van der Waals surface area contributed by atoms with E-state index in [-0.39, 0.29) is 58.2 Å². The Kier molecular flexibility index (Phi) is 7.86. The number of fused-ring (bicyclic) bond motifs is 1. The van der Waals surface area contributed by atoms with E-state index in [2.05, 4.69) is 5.32 Å². The van der Waals surface area contributed by atoms with Crippen LogP contribution < -0.4 is 5.32 Å². The van der Waals surface area contributed by atoms with Crippen molar-refractivity contribution in [2.45, 2.75) is 62.3 Å². The number of carbonyl (C=O) groups excluding carboxylic acids is 3. The van der Waals surface area contributed by atoms with Crippen LogP contribution in [0.15, 0.2) is 47.4 Å². The van der Waals surface area contributed by atoms with Gasteiger partial charge in [-0.3, -0.25) is 14.4 Å². The summed E-state index contributed by atoms with van der Waals surface area (Å²) >= 11 is 12.3. The molecule has 2 saturated heterocycles. The van der Waals surface area contributed by atoms with Gasteiger partial charge in [0, 0.05) is 29.9 Å². The Hall–Kier alpha value is -2.73. The minimum absolute atomic E-state index is 0.0312. The van der Waals surface area contributed by atoms with Gasteiger partial charge in [0.25, 0.3) is 0 Å². The van der Waals surface area contributed by atoms with Crippen LogP contribution in [0.25, 0.3) is 0 Å². The fraction of sp³-hybridized carbons (Fsp3) is 0.444. The number of nitrogens with one attached hydrogen (secondary N) is 1. The topological polar surface area (TPSA) is 107 Å². The summed E-state index contributed by atoms with van der Waals surface area (Å²) in [6.45, 7) is 3.21. The Morgan fingerprint density at radius 3 is 2.33 bits per heavy atom. The molecule has 1 aliphatic carbocycles. The number of amides is 3. The van der Waals surface area contributed by atoms with Crippen LogP contribution in [0.5, 0.6) is 0 Å². The number of hydrogen-bond donors (Lipinski definition) is 1. The second kappa shape index (κ2) is 10.9. The first-order chi connectivity index (χ1) is 18.9. The predicted molar refractivity (Wildman–Crippen MR) is 146 cm³/mol. The van der Waals surface area contributed by atoms with E-state index in [4.69, 9.17) is 23.2 Å². The van der Waals surface area contributed by atoms with Gasteiger partial charge in [0.15, 0.2) is 0 Å². The molecule has 0 bridgehead atoms. The lowest BCUT2D eigenvalue weighted by Crippen LogP contribution is -2.76. The lowest BCUT2D eigenvalue weighted by atomic mass is 9.96. The average molecular weight is 612 g/mol. The smallest absolute Gasteiger partial charge is 0.248 e. The molecule has 2 aliphatic heterocycles. The Morgan fingerprint density at radius 2 is 1.73 bits per heavy atom. The molecule has 2 aromatic rings. The van der Waals surface area contributed by atoms with Gasteiger partial charge in [-0.05, 0) is 62.6 Å². The van der Waals surface area contributed by atoms with E-state index >= 15 is 0 Å². The summed E-state index contributed by atoms with van der Waals surface area (Å²) in [5.74, 6) is -1.91. The maximum absolute atomic E-state index is 14.1. The molecule has 0 radical (unpaired) electrons.